The first-order valence-corrected chi connectivity index (χ1v) is 8.10. The third-order valence-electron chi connectivity index (χ3n) is 3.54. The fourth-order valence-corrected chi connectivity index (χ4v) is 2.30. The van der Waals surface area contributed by atoms with Gasteiger partial charge >= 0.3 is 0 Å². The van der Waals surface area contributed by atoms with Crippen molar-refractivity contribution in [2.24, 2.45) is 4.99 Å². The van der Waals surface area contributed by atoms with Gasteiger partial charge in [-0.2, -0.15) is 0 Å². The Labute approximate surface area is 148 Å². The highest BCUT2D eigenvalue weighted by Gasteiger charge is 2.06. The summed E-state index contributed by atoms with van der Waals surface area (Å²) < 4.78 is 15.8. The summed E-state index contributed by atoms with van der Waals surface area (Å²) in [6.07, 6.45) is 0. The molecule has 6 nitrogen and oxygen atoms in total. The molecular weight excluding hydrogens is 318 g/mol. The van der Waals surface area contributed by atoms with Gasteiger partial charge in [-0.1, -0.05) is 12.1 Å². The Morgan fingerprint density at radius 3 is 2.44 bits per heavy atom. The fraction of sp³-hybridized carbons (Fsp3) is 0.316. The quantitative estimate of drug-likeness (QED) is 0.597. The lowest BCUT2D eigenvalue weighted by Crippen LogP contribution is -2.30. The van der Waals surface area contributed by atoms with Crippen molar-refractivity contribution in [1.29, 1.82) is 0 Å². The molecule has 0 spiro atoms. The Morgan fingerprint density at radius 2 is 1.76 bits per heavy atom. The summed E-state index contributed by atoms with van der Waals surface area (Å²) in [6.45, 7) is 3.33. The van der Waals surface area contributed by atoms with Crippen molar-refractivity contribution in [2.45, 2.75) is 13.5 Å². The maximum absolute atomic E-state index is 5.33. The Kier molecular flexibility index (Phi) is 6.95. The van der Waals surface area contributed by atoms with E-state index >= 15 is 0 Å². The van der Waals surface area contributed by atoms with E-state index in [1.54, 1.807) is 21.3 Å². The number of rotatable bonds is 7. The molecule has 2 N–H and O–H groups in total. The van der Waals surface area contributed by atoms with Gasteiger partial charge in [0, 0.05) is 18.3 Å². The van der Waals surface area contributed by atoms with Crippen molar-refractivity contribution in [3.8, 4) is 17.2 Å². The summed E-state index contributed by atoms with van der Waals surface area (Å²) >= 11 is 0. The molecule has 0 radical (unpaired) electrons. The van der Waals surface area contributed by atoms with E-state index in [9.17, 15) is 0 Å². The van der Waals surface area contributed by atoms with Crippen LogP contribution in [-0.2, 0) is 6.54 Å². The third-order valence-corrected chi connectivity index (χ3v) is 3.54. The zero-order valence-electron chi connectivity index (χ0n) is 15.1. The topological polar surface area (TPSA) is 64.1 Å². The summed E-state index contributed by atoms with van der Waals surface area (Å²) in [6, 6.07) is 13.5. The molecule has 0 unspecified atom stereocenters. The predicted octanol–water partition coefficient (Wildman–Crippen LogP) is 3.29. The maximum atomic E-state index is 5.33. The van der Waals surface area contributed by atoms with E-state index in [4.69, 9.17) is 14.2 Å². The summed E-state index contributed by atoms with van der Waals surface area (Å²) in [7, 11) is 4.89. The Bertz CT molecular complexity index is 717. The molecule has 0 bridgehead atoms. The van der Waals surface area contributed by atoms with Crippen molar-refractivity contribution in [3.63, 3.8) is 0 Å². The summed E-state index contributed by atoms with van der Waals surface area (Å²) in [5.41, 5.74) is 1.94. The van der Waals surface area contributed by atoms with Gasteiger partial charge in [0.05, 0.1) is 27.9 Å². The van der Waals surface area contributed by atoms with Gasteiger partial charge in [0.25, 0.3) is 0 Å². The second-order valence-corrected chi connectivity index (χ2v) is 5.24. The number of anilines is 1. The molecule has 0 aliphatic heterocycles. The first-order valence-electron chi connectivity index (χ1n) is 8.10. The van der Waals surface area contributed by atoms with E-state index in [0.717, 1.165) is 23.5 Å². The normalized spacial score (nSPS) is 11.0. The van der Waals surface area contributed by atoms with Crippen LogP contribution in [0.4, 0.5) is 5.69 Å². The van der Waals surface area contributed by atoms with Gasteiger partial charge in [0.15, 0.2) is 17.5 Å². The van der Waals surface area contributed by atoms with Crippen molar-refractivity contribution in [1.82, 2.24) is 5.32 Å². The lowest BCUT2D eigenvalue weighted by Gasteiger charge is -2.14. The lowest BCUT2D eigenvalue weighted by atomic mass is 10.2. The molecule has 0 aliphatic rings. The SMILES string of the molecule is CCNC(=NCc1cccc(OC)c1)Nc1ccc(OC)c(OC)c1. The lowest BCUT2D eigenvalue weighted by molar-refractivity contribution is 0.355. The molecule has 0 saturated heterocycles. The first-order chi connectivity index (χ1) is 12.2. The molecule has 2 aromatic carbocycles. The molecule has 0 saturated carbocycles. The zero-order chi connectivity index (χ0) is 18.1. The van der Waals surface area contributed by atoms with Gasteiger partial charge in [0.1, 0.15) is 5.75 Å². The van der Waals surface area contributed by atoms with Crippen LogP contribution < -0.4 is 24.8 Å². The van der Waals surface area contributed by atoms with Gasteiger partial charge in [-0.3, -0.25) is 0 Å². The number of guanidine groups is 1. The standard InChI is InChI=1S/C19H25N3O3/c1-5-20-19(21-13-14-7-6-8-16(11-14)23-2)22-15-9-10-17(24-3)18(12-15)25-4/h6-12H,5,13H2,1-4H3,(H2,20,21,22). The largest absolute Gasteiger partial charge is 0.497 e. The van der Waals surface area contributed by atoms with Crippen LogP contribution in [0.1, 0.15) is 12.5 Å². The van der Waals surface area contributed by atoms with E-state index < -0.39 is 0 Å². The molecular formula is C19H25N3O3. The number of hydrogen-bond acceptors (Lipinski definition) is 4. The van der Waals surface area contributed by atoms with E-state index in [-0.39, 0.29) is 0 Å². The van der Waals surface area contributed by atoms with Crippen LogP contribution in [0.5, 0.6) is 17.2 Å². The number of nitrogens with zero attached hydrogens (tertiary/aromatic N) is 1. The predicted molar refractivity (Wildman–Crippen MR) is 101 cm³/mol. The Balaban J connectivity index is 2.14. The molecule has 0 heterocycles. The average Bonchev–Trinajstić information content (AvgIpc) is 2.66. The Hall–Kier alpha value is -2.89. The minimum Gasteiger partial charge on any atom is -0.497 e. The van der Waals surface area contributed by atoms with Gasteiger partial charge < -0.3 is 24.8 Å². The van der Waals surface area contributed by atoms with Crippen molar-refractivity contribution >= 4 is 11.6 Å². The van der Waals surface area contributed by atoms with E-state index in [1.807, 2.05) is 49.4 Å². The molecule has 2 rings (SSSR count). The monoisotopic (exact) mass is 343 g/mol. The summed E-state index contributed by atoms with van der Waals surface area (Å²) in [4.78, 5) is 4.62. The van der Waals surface area contributed by atoms with Gasteiger partial charge in [-0.15, -0.1) is 0 Å². The molecule has 2 aromatic rings. The van der Waals surface area contributed by atoms with Crippen LogP contribution in [-0.4, -0.2) is 33.8 Å². The van der Waals surface area contributed by atoms with Gasteiger partial charge in [-0.05, 0) is 36.8 Å². The highest BCUT2D eigenvalue weighted by atomic mass is 16.5. The molecule has 134 valence electrons. The number of aliphatic imine (C=N–C) groups is 1. The van der Waals surface area contributed by atoms with Crippen LogP contribution >= 0.6 is 0 Å². The van der Waals surface area contributed by atoms with Crippen molar-refractivity contribution in [2.75, 3.05) is 33.2 Å². The van der Waals surface area contributed by atoms with Crippen LogP contribution in [0.3, 0.4) is 0 Å². The zero-order valence-corrected chi connectivity index (χ0v) is 15.1. The molecule has 0 fully saturated rings. The number of nitrogens with one attached hydrogen (secondary N) is 2. The highest BCUT2D eigenvalue weighted by molar-refractivity contribution is 5.93. The Morgan fingerprint density at radius 1 is 0.960 bits per heavy atom. The number of ether oxygens (including phenoxy) is 3. The molecule has 6 heteroatoms. The molecule has 0 atom stereocenters. The molecule has 0 aromatic heterocycles. The van der Waals surface area contributed by atoms with Crippen molar-refractivity contribution in [3.05, 3.63) is 48.0 Å². The first kappa shape index (κ1) is 18.4. The molecule has 0 amide bonds. The maximum Gasteiger partial charge on any atom is 0.196 e. The highest BCUT2D eigenvalue weighted by Crippen LogP contribution is 2.29. The van der Waals surface area contributed by atoms with Crippen molar-refractivity contribution < 1.29 is 14.2 Å². The van der Waals surface area contributed by atoms with Crippen LogP contribution in [0, 0.1) is 0 Å². The second-order valence-electron chi connectivity index (χ2n) is 5.24. The fourth-order valence-electron chi connectivity index (χ4n) is 2.30. The number of hydrogen-bond donors (Lipinski definition) is 2. The van der Waals surface area contributed by atoms with Gasteiger partial charge in [-0.25, -0.2) is 4.99 Å². The summed E-state index contributed by atoms with van der Waals surface area (Å²) in [5.74, 6) is 2.87. The van der Waals surface area contributed by atoms with Crippen LogP contribution in [0.2, 0.25) is 0 Å². The second kappa shape index (κ2) is 9.42. The average molecular weight is 343 g/mol. The third kappa shape index (κ3) is 5.31. The minimum absolute atomic E-state index is 0.541. The van der Waals surface area contributed by atoms with E-state index in [1.165, 1.54) is 0 Å². The summed E-state index contributed by atoms with van der Waals surface area (Å²) in [5, 5.41) is 6.51. The molecule has 0 aliphatic carbocycles. The van der Waals surface area contributed by atoms with Crippen LogP contribution in [0.15, 0.2) is 47.5 Å². The molecule has 25 heavy (non-hydrogen) atoms. The van der Waals surface area contributed by atoms with Crippen LogP contribution in [0.25, 0.3) is 0 Å². The van der Waals surface area contributed by atoms with E-state index in [0.29, 0.717) is 24.0 Å². The smallest absolute Gasteiger partial charge is 0.196 e. The number of methoxy groups -OCH3 is 3. The van der Waals surface area contributed by atoms with Gasteiger partial charge in [0.2, 0.25) is 0 Å². The number of benzene rings is 2. The minimum atomic E-state index is 0.541. The van der Waals surface area contributed by atoms with E-state index in [2.05, 4.69) is 15.6 Å².